The molecule has 0 aliphatic heterocycles. The summed E-state index contributed by atoms with van der Waals surface area (Å²) in [6.45, 7) is 5.98. The summed E-state index contributed by atoms with van der Waals surface area (Å²) >= 11 is 0. The highest BCUT2D eigenvalue weighted by Gasteiger charge is 2.03. The van der Waals surface area contributed by atoms with Gasteiger partial charge in [0.2, 0.25) is 0 Å². The largest absolute Gasteiger partial charge is 0.393 e. The van der Waals surface area contributed by atoms with E-state index < -0.39 is 0 Å². The molecule has 0 rings (SSSR count). The van der Waals surface area contributed by atoms with Crippen LogP contribution in [-0.2, 0) is 0 Å². The molecule has 0 bridgehead atoms. The Labute approximate surface area is 115 Å². The monoisotopic (exact) mass is 254 g/mol. The Hall–Kier alpha value is -0.300. The SMILES string of the molecule is C=CCCCCCCC(O)CCCCCCCC. The minimum absolute atomic E-state index is 0.0458. The van der Waals surface area contributed by atoms with Crippen LogP contribution in [0.25, 0.3) is 0 Å². The zero-order valence-corrected chi connectivity index (χ0v) is 12.5. The summed E-state index contributed by atoms with van der Waals surface area (Å²) in [5, 5.41) is 9.84. The molecule has 0 aromatic carbocycles. The normalized spacial score (nSPS) is 12.6. The zero-order chi connectivity index (χ0) is 13.5. The third-order valence-corrected chi connectivity index (χ3v) is 3.59. The lowest BCUT2D eigenvalue weighted by Crippen LogP contribution is -2.05. The number of unbranched alkanes of at least 4 members (excludes halogenated alkanes) is 9. The summed E-state index contributed by atoms with van der Waals surface area (Å²) in [7, 11) is 0. The van der Waals surface area contributed by atoms with Crippen molar-refractivity contribution in [3.8, 4) is 0 Å². The zero-order valence-electron chi connectivity index (χ0n) is 12.5. The molecular weight excluding hydrogens is 220 g/mol. The maximum atomic E-state index is 9.84. The van der Waals surface area contributed by atoms with Crippen molar-refractivity contribution in [2.75, 3.05) is 0 Å². The molecule has 1 unspecified atom stereocenters. The molecule has 0 fully saturated rings. The fourth-order valence-electron chi connectivity index (χ4n) is 2.33. The molecule has 0 radical (unpaired) electrons. The predicted molar refractivity (Wildman–Crippen MR) is 81.9 cm³/mol. The average molecular weight is 254 g/mol. The fraction of sp³-hybridized carbons (Fsp3) is 0.882. The van der Waals surface area contributed by atoms with Crippen molar-refractivity contribution in [2.45, 2.75) is 96.5 Å². The molecule has 0 aromatic rings. The summed E-state index contributed by atoms with van der Waals surface area (Å²) in [5.74, 6) is 0. The third-order valence-electron chi connectivity index (χ3n) is 3.59. The van der Waals surface area contributed by atoms with Crippen LogP contribution in [0.5, 0.6) is 0 Å². The van der Waals surface area contributed by atoms with Gasteiger partial charge in [-0.15, -0.1) is 6.58 Å². The van der Waals surface area contributed by atoms with Crippen LogP contribution in [0.4, 0.5) is 0 Å². The maximum absolute atomic E-state index is 9.84. The van der Waals surface area contributed by atoms with E-state index in [1.807, 2.05) is 6.08 Å². The summed E-state index contributed by atoms with van der Waals surface area (Å²) < 4.78 is 0. The van der Waals surface area contributed by atoms with E-state index in [1.165, 1.54) is 64.2 Å². The molecule has 0 aromatic heterocycles. The van der Waals surface area contributed by atoms with Crippen molar-refractivity contribution in [3.63, 3.8) is 0 Å². The van der Waals surface area contributed by atoms with Gasteiger partial charge in [0.25, 0.3) is 0 Å². The predicted octanol–water partition coefficient (Wildman–Crippen LogP) is 5.62. The van der Waals surface area contributed by atoms with E-state index in [9.17, 15) is 5.11 Å². The van der Waals surface area contributed by atoms with E-state index in [1.54, 1.807) is 0 Å². The van der Waals surface area contributed by atoms with Crippen LogP contribution in [0.1, 0.15) is 90.4 Å². The molecule has 0 heterocycles. The van der Waals surface area contributed by atoms with Crippen molar-refractivity contribution in [1.29, 1.82) is 0 Å². The number of aliphatic hydroxyl groups excluding tert-OH is 1. The Morgan fingerprint density at radius 2 is 1.33 bits per heavy atom. The molecule has 108 valence electrons. The van der Waals surface area contributed by atoms with Crippen LogP contribution in [-0.4, -0.2) is 11.2 Å². The second-order valence-electron chi connectivity index (χ2n) is 5.49. The number of allylic oxidation sites excluding steroid dienone is 1. The Morgan fingerprint density at radius 3 is 1.89 bits per heavy atom. The molecule has 0 spiro atoms. The number of hydrogen-bond donors (Lipinski definition) is 1. The van der Waals surface area contributed by atoms with Gasteiger partial charge in [-0.3, -0.25) is 0 Å². The van der Waals surface area contributed by atoms with Crippen LogP contribution in [0.2, 0.25) is 0 Å². The first kappa shape index (κ1) is 17.7. The van der Waals surface area contributed by atoms with Gasteiger partial charge in [-0.05, 0) is 25.7 Å². The van der Waals surface area contributed by atoms with Gasteiger partial charge in [-0.2, -0.15) is 0 Å². The van der Waals surface area contributed by atoms with E-state index in [0.29, 0.717) is 0 Å². The summed E-state index contributed by atoms with van der Waals surface area (Å²) in [6, 6.07) is 0. The highest BCUT2D eigenvalue weighted by molar-refractivity contribution is 4.65. The van der Waals surface area contributed by atoms with E-state index in [4.69, 9.17) is 0 Å². The van der Waals surface area contributed by atoms with E-state index in [0.717, 1.165) is 19.3 Å². The first-order valence-corrected chi connectivity index (χ1v) is 8.10. The molecule has 1 nitrogen and oxygen atoms in total. The Bertz CT molecular complexity index is 165. The first-order chi connectivity index (χ1) is 8.81. The molecule has 1 atom stereocenters. The molecule has 0 saturated carbocycles. The van der Waals surface area contributed by atoms with Crippen LogP contribution in [0, 0.1) is 0 Å². The standard InChI is InChI=1S/C17H34O/c1-3-5-7-9-11-13-15-17(18)16-14-12-10-8-6-4-2/h3,17-18H,1,4-16H2,2H3. The second kappa shape index (κ2) is 14.8. The van der Waals surface area contributed by atoms with Crippen LogP contribution in [0.15, 0.2) is 12.7 Å². The van der Waals surface area contributed by atoms with Gasteiger partial charge in [0, 0.05) is 0 Å². The number of aliphatic hydroxyl groups is 1. The minimum atomic E-state index is -0.0458. The van der Waals surface area contributed by atoms with E-state index in [-0.39, 0.29) is 6.10 Å². The molecular formula is C17H34O. The van der Waals surface area contributed by atoms with Crippen LogP contribution < -0.4 is 0 Å². The topological polar surface area (TPSA) is 20.2 Å². The van der Waals surface area contributed by atoms with Crippen molar-refractivity contribution < 1.29 is 5.11 Å². The van der Waals surface area contributed by atoms with Crippen LogP contribution >= 0.6 is 0 Å². The molecule has 0 saturated heterocycles. The molecule has 0 amide bonds. The minimum Gasteiger partial charge on any atom is -0.393 e. The third kappa shape index (κ3) is 13.8. The van der Waals surface area contributed by atoms with Crippen molar-refractivity contribution >= 4 is 0 Å². The van der Waals surface area contributed by atoms with Gasteiger partial charge < -0.3 is 5.11 Å². The van der Waals surface area contributed by atoms with E-state index >= 15 is 0 Å². The first-order valence-electron chi connectivity index (χ1n) is 8.10. The lowest BCUT2D eigenvalue weighted by Gasteiger charge is -2.10. The second-order valence-corrected chi connectivity index (χ2v) is 5.49. The van der Waals surface area contributed by atoms with Gasteiger partial charge in [0.05, 0.1) is 6.10 Å². The Kier molecular flexibility index (Phi) is 14.5. The van der Waals surface area contributed by atoms with Gasteiger partial charge >= 0.3 is 0 Å². The average Bonchev–Trinajstić information content (AvgIpc) is 2.38. The number of hydrogen-bond acceptors (Lipinski definition) is 1. The molecule has 1 heteroatoms. The Morgan fingerprint density at radius 1 is 0.833 bits per heavy atom. The van der Waals surface area contributed by atoms with Gasteiger partial charge in [-0.25, -0.2) is 0 Å². The quantitative estimate of drug-likeness (QED) is 0.315. The molecule has 0 aliphatic carbocycles. The van der Waals surface area contributed by atoms with Gasteiger partial charge in [-0.1, -0.05) is 70.8 Å². The van der Waals surface area contributed by atoms with E-state index in [2.05, 4.69) is 13.5 Å². The summed E-state index contributed by atoms with van der Waals surface area (Å²) in [5.41, 5.74) is 0. The van der Waals surface area contributed by atoms with Crippen LogP contribution in [0.3, 0.4) is 0 Å². The summed E-state index contributed by atoms with van der Waals surface area (Å²) in [6.07, 6.45) is 18.0. The van der Waals surface area contributed by atoms with Crippen molar-refractivity contribution in [1.82, 2.24) is 0 Å². The number of rotatable bonds is 14. The molecule has 18 heavy (non-hydrogen) atoms. The summed E-state index contributed by atoms with van der Waals surface area (Å²) in [4.78, 5) is 0. The van der Waals surface area contributed by atoms with Gasteiger partial charge in [0.1, 0.15) is 0 Å². The smallest absolute Gasteiger partial charge is 0.0540 e. The molecule has 1 N–H and O–H groups in total. The molecule has 0 aliphatic rings. The lowest BCUT2D eigenvalue weighted by atomic mass is 10.0. The highest BCUT2D eigenvalue weighted by atomic mass is 16.3. The van der Waals surface area contributed by atoms with Crippen molar-refractivity contribution in [2.24, 2.45) is 0 Å². The lowest BCUT2D eigenvalue weighted by molar-refractivity contribution is 0.147. The maximum Gasteiger partial charge on any atom is 0.0540 e. The fourth-order valence-corrected chi connectivity index (χ4v) is 2.33. The Balaban J connectivity index is 3.12. The highest BCUT2D eigenvalue weighted by Crippen LogP contribution is 2.13. The van der Waals surface area contributed by atoms with Crippen molar-refractivity contribution in [3.05, 3.63) is 12.7 Å². The van der Waals surface area contributed by atoms with Gasteiger partial charge in [0.15, 0.2) is 0 Å².